The summed E-state index contributed by atoms with van der Waals surface area (Å²) in [5, 5.41) is 22.3. The van der Waals surface area contributed by atoms with E-state index >= 15 is 0 Å². The summed E-state index contributed by atoms with van der Waals surface area (Å²) in [6, 6.07) is 12.7. The molecule has 0 N–H and O–H groups in total. The van der Waals surface area contributed by atoms with Gasteiger partial charge in [-0.05, 0) is 29.5 Å². The van der Waals surface area contributed by atoms with Crippen molar-refractivity contribution >= 4 is 51.7 Å². The van der Waals surface area contributed by atoms with Crippen LogP contribution in [0.4, 0.5) is 11.4 Å². The summed E-state index contributed by atoms with van der Waals surface area (Å²) in [5.74, 6) is -0.973. The molecule has 2 aromatic carbocycles. The van der Waals surface area contributed by atoms with Crippen molar-refractivity contribution in [3.63, 3.8) is 0 Å². The molecule has 3 rings (SSSR count). The summed E-state index contributed by atoms with van der Waals surface area (Å²) >= 11 is 6.36. The van der Waals surface area contributed by atoms with Crippen molar-refractivity contribution in [1.82, 2.24) is 0 Å². The van der Waals surface area contributed by atoms with Gasteiger partial charge >= 0.3 is 0 Å². The Balaban J connectivity index is 1.95. The summed E-state index contributed by atoms with van der Waals surface area (Å²) < 4.78 is 0.382. The molecular weight excluding hydrogens is 348 g/mol. The Morgan fingerprint density at radius 1 is 1.17 bits per heavy atom. The average molecular weight is 357 g/mol. The minimum absolute atomic E-state index is 0.301. The smallest absolute Gasteiger partial charge is 0.270 e. The second kappa shape index (κ2) is 6.42. The van der Waals surface area contributed by atoms with Gasteiger partial charge in [-0.1, -0.05) is 54.3 Å². The van der Waals surface area contributed by atoms with E-state index in [-0.39, 0.29) is 5.91 Å². The molecule has 0 aromatic heterocycles. The van der Waals surface area contributed by atoms with E-state index in [4.69, 9.17) is 12.2 Å². The van der Waals surface area contributed by atoms with Gasteiger partial charge in [-0.15, -0.1) is 0 Å². The highest BCUT2D eigenvalue weighted by molar-refractivity contribution is 8.27. The Bertz CT molecular complexity index is 881. The molecule has 0 aliphatic carbocycles. The maximum absolute atomic E-state index is 12.6. The number of carbonyl (C=O) groups is 1. The topological polar surface area (TPSA) is 86.5 Å². The zero-order valence-corrected chi connectivity index (χ0v) is 13.7. The van der Waals surface area contributed by atoms with E-state index in [2.05, 4.69) is 0 Å². The van der Waals surface area contributed by atoms with Crippen LogP contribution in [-0.2, 0) is 4.79 Å². The number of anilines is 1. The Morgan fingerprint density at radius 3 is 2.54 bits per heavy atom. The Labute approximate surface area is 146 Å². The van der Waals surface area contributed by atoms with E-state index in [0.717, 1.165) is 23.9 Å². The average Bonchev–Trinajstić information content (AvgIpc) is 2.83. The quantitative estimate of drug-likeness (QED) is 0.363. The van der Waals surface area contributed by atoms with E-state index in [1.165, 1.54) is 17.0 Å². The normalized spacial score (nSPS) is 16.0. The minimum atomic E-state index is -0.741. The van der Waals surface area contributed by atoms with Crippen molar-refractivity contribution in [2.45, 2.75) is 0 Å². The highest BCUT2D eigenvalue weighted by Gasteiger charge is 2.33. The Kier molecular flexibility index (Phi) is 4.32. The van der Waals surface area contributed by atoms with Gasteiger partial charge in [-0.25, -0.2) is 0 Å². The molecule has 1 saturated heterocycles. The maximum atomic E-state index is 12.6. The van der Waals surface area contributed by atoms with Crippen LogP contribution in [0.1, 0.15) is 5.56 Å². The molecule has 1 aliphatic rings. The molecular formula is C16H9N2O4S2-. The van der Waals surface area contributed by atoms with Gasteiger partial charge in [-0.3, -0.25) is 19.8 Å². The fourth-order valence-electron chi connectivity index (χ4n) is 2.19. The first-order valence-electron chi connectivity index (χ1n) is 6.76. The van der Waals surface area contributed by atoms with Gasteiger partial charge in [0.25, 0.3) is 11.6 Å². The third kappa shape index (κ3) is 3.01. The standard InChI is InChI=1S/C16H10N2O4S2/c19-13-7-6-10(8-12(13)18(21)22)9-14-15(20)17(16(23)24-14)11-4-2-1-3-5-11/h1-9,19H/p-1/b14-9-. The van der Waals surface area contributed by atoms with E-state index in [1.54, 1.807) is 24.3 Å². The molecule has 1 amide bonds. The van der Waals surface area contributed by atoms with Gasteiger partial charge in [0.1, 0.15) is 0 Å². The monoisotopic (exact) mass is 357 g/mol. The van der Waals surface area contributed by atoms with Crippen molar-refractivity contribution < 1.29 is 14.8 Å². The summed E-state index contributed by atoms with van der Waals surface area (Å²) in [6.07, 6.45) is 1.49. The molecule has 0 spiro atoms. The summed E-state index contributed by atoms with van der Waals surface area (Å²) in [4.78, 5) is 24.4. The fourth-order valence-corrected chi connectivity index (χ4v) is 3.48. The lowest BCUT2D eigenvalue weighted by molar-refractivity contribution is -0.398. The van der Waals surface area contributed by atoms with Gasteiger partial charge in [0.05, 0.1) is 15.5 Å². The Morgan fingerprint density at radius 2 is 1.88 bits per heavy atom. The number of thioether (sulfide) groups is 1. The van der Waals surface area contributed by atoms with E-state index in [0.29, 0.717) is 20.5 Å². The largest absolute Gasteiger partial charge is 0.868 e. The molecule has 0 atom stereocenters. The van der Waals surface area contributed by atoms with Crippen molar-refractivity contribution in [3.8, 4) is 5.75 Å². The van der Waals surface area contributed by atoms with Crippen molar-refractivity contribution in [3.05, 3.63) is 69.1 Å². The molecule has 0 saturated carbocycles. The van der Waals surface area contributed by atoms with Gasteiger partial charge in [0.2, 0.25) is 0 Å². The molecule has 1 aliphatic heterocycles. The van der Waals surface area contributed by atoms with Crippen molar-refractivity contribution in [2.75, 3.05) is 4.90 Å². The highest BCUT2D eigenvalue weighted by Crippen LogP contribution is 2.36. The molecule has 1 heterocycles. The number of nitro benzene ring substituents is 1. The van der Waals surface area contributed by atoms with E-state index < -0.39 is 16.4 Å². The highest BCUT2D eigenvalue weighted by atomic mass is 32.2. The van der Waals surface area contributed by atoms with Crippen molar-refractivity contribution in [2.24, 2.45) is 0 Å². The summed E-state index contributed by atoms with van der Waals surface area (Å²) in [5.41, 5.74) is 0.529. The zero-order valence-electron chi connectivity index (χ0n) is 12.0. The summed E-state index contributed by atoms with van der Waals surface area (Å²) in [7, 11) is 0. The summed E-state index contributed by atoms with van der Waals surface area (Å²) in [6.45, 7) is 0. The minimum Gasteiger partial charge on any atom is -0.868 e. The van der Waals surface area contributed by atoms with Crippen LogP contribution in [0.5, 0.6) is 5.75 Å². The van der Waals surface area contributed by atoms with Crippen LogP contribution in [0.2, 0.25) is 0 Å². The third-order valence-electron chi connectivity index (χ3n) is 3.29. The zero-order chi connectivity index (χ0) is 17.3. The van der Waals surface area contributed by atoms with Crippen LogP contribution in [-0.4, -0.2) is 15.2 Å². The van der Waals surface area contributed by atoms with Crippen LogP contribution in [0, 0.1) is 10.1 Å². The Hall–Kier alpha value is -2.71. The predicted octanol–water partition coefficient (Wildman–Crippen LogP) is 3.07. The number of carbonyl (C=O) groups excluding carboxylic acids is 1. The number of benzene rings is 2. The molecule has 120 valence electrons. The van der Waals surface area contributed by atoms with Gasteiger partial charge in [0, 0.05) is 6.07 Å². The second-order valence-electron chi connectivity index (χ2n) is 4.84. The molecule has 24 heavy (non-hydrogen) atoms. The lowest BCUT2D eigenvalue weighted by Crippen LogP contribution is -2.27. The molecule has 8 heteroatoms. The molecule has 6 nitrogen and oxygen atoms in total. The number of hydrogen-bond acceptors (Lipinski definition) is 6. The number of nitro groups is 1. The third-order valence-corrected chi connectivity index (χ3v) is 4.59. The number of amides is 1. The predicted molar refractivity (Wildman–Crippen MR) is 94.6 cm³/mol. The first-order valence-corrected chi connectivity index (χ1v) is 7.98. The SMILES string of the molecule is O=C1/C(=C/c2ccc([O-])c([N+](=O)[O-])c2)SC(=S)N1c1ccccc1. The van der Waals surface area contributed by atoms with Crippen LogP contribution in [0.15, 0.2) is 53.4 Å². The van der Waals surface area contributed by atoms with Crippen molar-refractivity contribution in [1.29, 1.82) is 0 Å². The van der Waals surface area contributed by atoms with Crippen LogP contribution < -0.4 is 10.0 Å². The number of para-hydroxylation sites is 1. The van der Waals surface area contributed by atoms with Crippen LogP contribution in [0.3, 0.4) is 0 Å². The van der Waals surface area contributed by atoms with Gasteiger partial charge < -0.3 is 5.11 Å². The second-order valence-corrected chi connectivity index (χ2v) is 6.51. The first-order chi connectivity index (χ1) is 11.5. The van der Waals surface area contributed by atoms with E-state index in [1.807, 2.05) is 6.07 Å². The number of hydrogen-bond donors (Lipinski definition) is 0. The van der Waals surface area contributed by atoms with Crippen LogP contribution in [0.25, 0.3) is 6.08 Å². The van der Waals surface area contributed by atoms with E-state index in [9.17, 15) is 20.0 Å². The lowest BCUT2D eigenvalue weighted by Gasteiger charge is -2.13. The fraction of sp³-hybridized carbons (Fsp3) is 0. The molecule has 0 unspecified atom stereocenters. The number of rotatable bonds is 3. The number of thiocarbonyl (C=S) groups is 1. The van der Waals surface area contributed by atoms with Gasteiger partial charge in [-0.2, -0.15) is 0 Å². The number of nitrogens with zero attached hydrogens (tertiary/aromatic N) is 2. The maximum Gasteiger partial charge on any atom is 0.270 e. The molecule has 2 aromatic rings. The molecule has 1 fully saturated rings. The van der Waals surface area contributed by atoms with Gasteiger partial charge in [0.15, 0.2) is 4.32 Å². The first kappa shape index (κ1) is 16.2. The lowest BCUT2D eigenvalue weighted by atomic mass is 10.1. The molecule has 0 radical (unpaired) electrons. The molecule has 0 bridgehead atoms. The van der Waals surface area contributed by atoms with Crippen LogP contribution >= 0.6 is 24.0 Å².